The Morgan fingerprint density at radius 1 is 1.45 bits per heavy atom. The van der Waals surface area contributed by atoms with E-state index in [9.17, 15) is 9.90 Å². The van der Waals surface area contributed by atoms with Gasteiger partial charge in [-0.3, -0.25) is 0 Å². The van der Waals surface area contributed by atoms with Gasteiger partial charge < -0.3 is 5.11 Å². The molecular weight excluding hydrogens is 144 g/mol. The topological polar surface area (TPSA) is 57.2 Å². The Labute approximate surface area is 63.9 Å². The van der Waals surface area contributed by atoms with Crippen LogP contribution in [0.15, 0.2) is 24.3 Å². The molecule has 0 aromatic heterocycles. The molecule has 0 aliphatic carbocycles. The summed E-state index contributed by atoms with van der Waals surface area (Å²) in [5.74, 6) is -1.000. The molecule has 0 aliphatic heterocycles. The first kappa shape index (κ1) is 7.75. The molecule has 1 N–H and O–H groups in total. The fourth-order valence-electron chi connectivity index (χ4n) is 0.794. The smallest absolute Gasteiger partial charge is 0.335 e. The minimum absolute atomic E-state index is 0.165. The van der Waals surface area contributed by atoms with Gasteiger partial charge in [-0.1, -0.05) is 12.1 Å². The van der Waals surface area contributed by atoms with E-state index in [1.807, 2.05) is 0 Å². The molecule has 0 saturated carbocycles. The summed E-state index contributed by atoms with van der Waals surface area (Å²) in [7, 11) is 0. The van der Waals surface area contributed by atoms with Crippen LogP contribution in [0.1, 0.15) is 15.9 Å². The van der Waals surface area contributed by atoms with E-state index in [2.05, 4.69) is 0 Å². The predicted octanol–water partition coefficient (Wildman–Crippen LogP) is 1.32. The Hall–Kier alpha value is -1.35. The molecular formula is C8H7O3. The zero-order chi connectivity index (χ0) is 8.27. The van der Waals surface area contributed by atoms with Crippen molar-refractivity contribution in [2.45, 2.75) is 6.61 Å². The number of hydrogen-bond acceptors (Lipinski definition) is 1. The first-order chi connectivity index (χ1) is 5.24. The lowest BCUT2D eigenvalue weighted by molar-refractivity contribution is 0.0696. The zero-order valence-corrected chi connectivity index (χ0v) is 5.78. The Bertz CT molecular complexity index is 268. The highest BCUT2D eigenvalue weighted by atomic mass is 16.4. The predicted molar refractivity (Wildman–Crippen MR) is 37.8 cm³/mol. The Kier molecular flexibility index (Phi) is 2.23. The number of carboxylic acid groups (broad SMARTS) is 1. The van der Waals surface area contributed by atoms with Crippen LogP contribution in [0.2, 0.25) is 0 Å². The highest BCUT2D eigenvalue weighted by Gasteiger charge is 2.01. The van der Waals surface area contributed by atoms with Crippen molar-refractivity contribution in [1.82, 2.24) is 0 Å². The van der Waals surface area contributed by atoms with Crippen LogP contribution < -0.4 is 0 Å². The summed E-state index contributed by atoms with van der Waals surface area (Å²) >= 11 is 0. The van der Waals surface area contributed by atoms with Crippen molar-refractivity contribution < 1.29 is 15.0 Å². The summed E-state index contributed by atoms with van der Waals surface area (Å²) in [6, 6.07) is 6.02. The van der Waals surface area contributed by atoms with Crippen LogP contribution in [0.3, 0.4) is 0 Å². The van der Waals surface area contributed by atoms with E-state index in [-0.39, 0.29) is 12.2 Å². The van der Waals surface area contributed by atoms with Gasteiger partial charge in [0.2, 0.25) is 0 Å². The standard InChI is InChI=1S/C8H7O3/c9-5-6-2-1-3-7(4-6)8(10)11/h1-4H,5H2,(H,10,11). The third-order valence-electron chi connectivity index (χ3n) is 1.34. The molecule has 3 heteroatoms. The van der Waals surface area contributed by atoms with Crippen molar-refractivity contribution in [2.75, 3.05) is 0 Å². The lowest BCUT2D eigenvalue weighted by atomic mass is 10.1. The van der Waals surface area contributed by atoms with Crippen LogP contribution >= 0.6 is 0 Å². The second-order valence-electron chi connectivity index (χ2n) is 2.15. The number of carboxylic acids is 1. The van der Waals surface area contributed by atoms with Crippen LogP contribution in [0.5, 0.6) is 0 Å². The summed E-state index contributed by atoms with van der Waals surface area (Å²) in [5.41, 5.74) is 0.670. The molecule has 0 heterocycles. The number of carbonyl (C=O) groups is 1. The lowest BCUT2D eigenvalue weighted by Gasteiger charge is -1.95. The maximum atomic E-state index is 10.4. The van der Waals surface area contributed by atoms with Gasteiger partial charge in [-0.2, -0.15) is 0 Å². The first-order valence-electron chi connectivity index (χ1n) is 3.14. The Morgan fingerprint density at radius 2 is 2.18 bits per heavy atom. The molecule has 0 unspecified atom stereocenters. The minimum Gasteiger partial charge on any atom is -0.478 e. The summed E-state index contributed by atoms with van der Waals surface area (Å²) in [4.78, 5) is 10.4. The highest BCUT2D eigenvalue weighted by Crippen LogP contribution is 2.04. The van der Waals surface area contributed by atoms with Gasteiger partial charge >= 0.3 is 5.97 Å². The Morgan fingerprint density at radius 3 is 2.73 bits per heavy atom. The quantitative estimate of drug-likeness (QED) is 0.692. The molecule has 0 bridgehead atoms. The van der Waals surface area contributed by atoms with Crippen molar-refractivity contribution in [3.05, 3.63) is 35.4 Å². The van der Waals surface area contributed by atoms with Gasteiger partial charge in [-0.25, -0.2) is 9.90 Å². The summed E-state index contributed by atoms with van der Waals surface area (Å²) in [6.45, 7) is -0.374. The molecule has 1 aromatic rings. The van der Waals surface area contributed by atoms with Crippen LogP contribution in [-0.2, 0) is 11.7 Å². The third-order valence-corrected chi connectivity index (χ3v) is 1.34. The molecule has 0 saturated heterocycles. The van der Waals surface area contributed by atoms with Crippen LogP contribution in [0, 0.1) is 0 Å². The van der Waals surface area contributed by atoms with Gasteiger partial charge in [0.15, 0.2) is 0 Å². The van der Waals surface area contributed by atoms with Crippen molar-refractivity contribution in [1.29, 1.82) is 0 Å². The van der Waals surface area contributed by atoms with E-state index in [1.54, 1.807) is 12.1 Å². The zero-order valence-electron chi connectivity index (χ0n) is 5.78. The minimum atomic E-state index is -1.000. The highest BCUT2D eigenvalue weighted by molar-refractivity contribution is 5.87. The molecule has 57 valence electrons. The van der Waals surface area contributed by atoms with Crippen LogP contribution in [0.25, 0.3) is 0 Å². The summed E-state index contributed by atoms with van der Waals surface area (Å²) < 4.78 is 0. The molecule has 0 fully saturated rings. The van der Waals surface area contributed by atoms with E-state index in [1.165, 1.54) is 12.1 Å². The number of aromatic carboxylic acids is 1. The second-order valence-corrected chi connectivity index (χ2v) is 2.15. The normalized spacial score (nSPS) is 9.55. The maximum absolute atomic E-state index is 10.4. The lowest BCUT2D eigenvalue weighted by Crippen LogP contribution is -1.96. The van der Waals surface area contributed by atoms with Crippen LogP contribution in [0.4, 0.5) is 0 Å². The van der Waals surface area contributed by atoms with Gasteiger partial charge in [0.05, 0.1) is 5.56 Å². The molecule has 0 atom stereocenters. The van der Waals surface area contributed by atoms with Gasteiger partial charge in [0.25, 0.3) is 0 Å². The molecule has 0 amide bonds. The van der Waals surface area contributed by atoms with E-state index in [4.69, 9.17) is 5.11 Å². The van der Waals surface area contributed by atoms with Gasteiger partial charge in [-0.05, 0) is 17.7 Å². The fourth-order valence-corrected chi connectivity index (χ4v) is 0.794. The van der Waals surface area contributed by atoms with Crippen LogP contribution in [-0.4, -0.2) is 11.1 Å². The molecule has 0 spiro atoms. The van der Waals surface area contributed by atoms with E-state index in [0.29, 0.717) is 5.56 Å². The molecule has 0 aliphatic rings. The second kappa shape index (κ2) is 3.16. The SMILES string of the molecule is [O]Cc1cccc(C(=O)O)c1. The van der Waals surface area contributed by atoms with Crippen molar-refractivity contribution in [3.63, 3.8) is 0 Å². The monoisotopic (exact) mass is 151 g/mol. The average Bonchev–Trinajstić information content (AvgIpc) is 2.05. The number of rotatable bonds is 2. The third kappa shape index (κ3) is 1.78. The van der Waals surface area contributed by atoms with Gasteiger partial charge in [-0.15, -0.1) is 0 Å². The number of benzene rings is 1. The summed E-state index contributed by atoms with van der Waals surface area (Å²) in [5, 5.41) is 18.8. The van der Waals surface area contributed by atoms with Crippen molar-refractivity contribution in [3.8, 4) is 0 Å². The summed E-state index contributed by atoms with van der Waals surface area (Å²) in [6.07, 6.45) is 0. The van der Waals surface area contributed by atoms with Gasteiger partial charge in [0.1, 0.15) is 6.61 Å². The Balaban J connectivity index is 3.01. The maximum Gasteiger partial charge on any atom is 0.335 e. The van der Waals surface area contributed by atoms with E-state index < -0.39 is 5.97 Å². The van der Waals surface area contributed by atoms with Crippen molar-refractivity contribution >= 4 is 5.97 Å². The van der Waals surface area contributed by atoms with Crippen molar-refractivity contribution in [2.24, 2.45) is 0 Å². The molecule has 1 radical (unpaired) electrons. The van der Waals surface area contributed by atoms with E-state index >= 15 is 0 Å². The van der Waals surface area contributed by atoms with Gasteiger partial charge in [0, 0.05) is 0 Å². The molecule has 1 rings (SSSR count). The molecule has 3 nitrogen and oxygen atoms in total. The molecule has 1 aromatic carbocycles. The number of hydrogen-bond donors (Lipinski definition) is 1. The first-order valence-corrected chi connectivity index (χ1v) is 3.14. The largest absolute Gasteiger partial charge is 0.478 e. The van der Waals surface area contributed by atoms with E-state index in [0.717, 1.165) is 0 Å². The fraction of sp³-hybridized carbons (Fsp3) is 0.125. The average molecular weight is 151 g/mol. The molecule has 11 heavy (non-hydrogen) atoms.